The van der Waals surface area contributed by atoms with Gasteiger partial charge < -0.3 is 5.32 Å². The van der Waals surface area contributed by atoms with Crippen LogP contribution in [0.1, 0.15) is 6.92 Å². The Kier molecular flexibility index (Phi) is 3.40. The Morgan fingerprint density at radius 2 is 2.18 bits per heavy atom. The molecular weight excluding hydrogens is 307 g/mol. The minimum Gasteiger partial charge on any atom is -0.345 e. The first-order valence-electron chi connectivity index (χ1n) is 5.06. The first kappa shape index (κ1) is 12.4. The Hall–Kier alpha value is -1.07. The van der Waals surface area contributed by atoms with Crippen LogP contribution in [-0.2, 0) is 9.59 Å². The second-order valence-corrected chi connectivity index (χ2v) is 4.93. The number of carbonyl (C=O) groups excluding carboxylic acids is 2. The molecule has 4 nitrogen and oxygen atoms in total. The SMILES string of the molecule is CC1C(=O)NCC(=O)N1c1cccc(Cl)c1Br. The lowest BCUT2D eigenvalue weighted by Gasteiger charge is -2.33. The first-order valence-corrected chi connectivity index (χ1v) is 6.23. The number of nitrogens with zero attached hydrogens (tertiary/aromatic N) is 1. The molecule has 1 fully saturated rings. The van der Waals surface area contributed by atoms with E-state index in [-0.39, 0.29) is 18.4 Å². The van der Waals surface area contributed by atoms with Gasteiger partial charge in [-0.1, -0.05) is 17.7 Å². The molecule has 2 rings (SSSR count). The van der Waals surface area contributed by atoms with Crippen molar-refractivity contribution < 1.29 is 9.59 Å². The average Bonchev–Trinajstić information content (AvgIpc) is 2.30. The molecule has 2 amide bonds. The van der Waals surface area contributed by atoms with E-state index in [1.807, 2.05) is 0 Å². The molecule has 0 aromatic heterocycles. The number of nitrogens with one attached hydrogen (secondary N) is 1. The zero-order chi connectivity index (χ0) is 12.6. The van der Waals surface area contributed by atoms with Crippen LogP contribution in [0, 0.1) is 0 Å². The highest BCUT2D eigenvalue weighted by molar-refractivity contribution is 9.10. The minimum atomic E-state index is -0.536. The van der Waals surface area contributed by atoms with Gasteiger partial charge in [-0.2, -0.15) is 0 Å². The number of hydrogen-bond donors (Lipinski definition) is 1. The van der Waals surface area contributed by atoms with Crippen molar-refractivity contribution in [2.45, 2.75) is 13.0 Å². The van der Waals surface area contributed by atoms with Crippen LogP contribution in [0.2, 0.25) is 5.02 Å². The molecule has 1 heterocycles. The predicted molar refractivity (Wildman–Crippen MR) is 69.1 cm³/mol. The van der Waals surface area contributed by atoms with E-state index >= 15 is 0 Å². The van der Waals surface area contributed by atoms with E-state index in [2.05, 4.69) is 21.2 Å². The third kappa shape index (κ3) is 2.17. The standard InChI is InChI=1S/C11H10BrClN2O2/c1-6-11(17)14-5-9(16)15(6)8-4-2-3-7(13)10(8)12/h2-4,6H,5H2,1H3,(H,14,17). The molecule has 1 aliphatic heterocycles. The lowest BCUT2D eigenvalue weighted by Crippen LogP contribution is -2.57. The van der Waals surface area contributed by atoms with Gasteiger partial charge in [0.25, 0.3) is 0 Å². The summed E-state index contributed by atoms with van der Waals surface area (Å²) in [4.78, 5) is 24.9. The van der Waals surface area contributed by atoms with Crippen LogP contribution in [0.25, 0.3) is 0 Å². The second-order valence-electron chi connectivity index (χ2n) is 3.73. The molecule has 1 aromatic rings. The van der Waals surface area contributed by atoms with Crippen molar-refractivity contribution in [2.75, 3.05) is 11.4 Å². The van der Waals surface area contributed by atoms with E-state index in [0.717, 1.165) is 0 Å². The quantitative estimate of drug-likeness (QED) is 0.861. The van der Waals surface area contributed by atoms with Gasteiger partial charge in [0.05, 0.1) is 21.7 Å². The van der Waals surface area contributed by atoms with Gasteiger partial charge in [-0.3, -0.25) is 14.5 Å². The molecule has 0 spiro atoms. The van der Waals surface area contributed by atoms with Gasteiger partial charge in [-0.15, -0.1) is 0 Å². The molecule has 0 saturated carbocycles. The Morgan fingerprint density at radius 3 is 2.88 bits per heavy atom. The number of anilines is 1. The summed E-state index contributed by atoms with van der Waals surface area (Å²) in [5, 5.41) is 3.04. The van der Waals surface area contributed by atoms with Crippen LogP contribution in [0.3, 0.4) is 0 Å². The van der Waals surface area contributed by atoms with Gasteiger partial charge in [0.1, 0.15) is 6.04 Å². The number of rotatable bonds is 1. The zero-order valence-electron chi connectivity index (χ0n) is 9.04. The number of halogens is 2. The third-order valence-corrected chi connectivity index (χ3v) is 4.02. The molecule has 0 aliphatic carbocycles. The molecule has 1 aromatic carbocycles. The lowest BCUT2D eigenvalue weighted by molar-refractivity contribution is -0.130. The van der Waals surface area contributed by atoms with Crippen molar-refractivity contribution in [3.05, 3.63) is 27.7 Å². The van der Waals surface area contributed by atoms with Gasteiger partial charge in [-0.05, 0) is 35.0 Å². The van der Waals surface area contributed by atoms with Crippen LogP contribution in [0.5, 0.6) is 0 Å². The largest absolute Gasteiger partial charge is 0.345 e. The van der Waals surface area contributed by atoms with Crippen molar-refractivity contribution in [3.8, 4) is 0 Å². The van der Waals surface area contributed by atoms with E-state index in [1.54, 1.807) is 25.1 Å². The van der Waals surface area contributed by atoms with Gasteiger partial charge in [-0.25, -0.2) is 0 Å². The maximum Gasteiger partial charge on any atom is 0.247 e. The summed E-state index contributed by atoms with van der Waals surface area (Å²) in [6.45, 7) is 1.70. The van der Waals surface area contributed by atoms with Crippen molar-refractivity contribution in [3.63, 3.8) is 0 Å². The fraction of sp³-hybridized carbons (Fsp3) is 0.273. The summed E-state index contributed by atoms with van der Waals surface area (Å²) in [6, 6.07) is 4.68. The third-order valence-electron chi connectivity index (χ3n) is 2.64. The maximum absolute atomic E-state index is 11.9. The highest BCUT2D eigenvalue weighted by Crippen LogP contribution is 2.34. The van der Waals surface area contributed by atoms with Gasteiger partial charge >= 0.3 is 0 Å². The summed E-state index contributed by atoms with van der Waals surface area (Å²) in [6.07, 6.45) is 0. The van der Waals surface area contributed by atoms with Gasteiger partial charge in [0, 0.05) is 0 Å². The predicted octanol–water partition coefficient (Wildman–Crippen LogP) is 1.95. The molecule has 1 N–H and O–H groups in total. The molecule has 0 bridgehead atoms. The van der Waals surface area contributed by atoms with E-state index in [9.17, 15) is 9.59 Å². The number of piperazine rings is 1. The molecule has 0 radical (unpaired) electrons. The molecule has 1 atom stereocenters. The summed E-state index contributed by atoms with van der Waals surface area (Å²) >= 11 is 9.31. The summed E-state index contributed by atoms with van der Waals surface area (Å²) in [5.74, 6) is -0.323. The van der Waals surface area contributed by atoms with Crippen molar-refractivity contribution >= 4 is 45.0 Å². The smallest absolute Gasteiger partial charge is 0.247 e. The molecule has 6 heteroatoms. The lowest BCUT2D eigenvalue weighted by atomic mass is 10.1. The molecule has 1 saturated heterocycles. The summed E-state index contributed by atoms with van der Waals surface area (Å²) in [7, 11) is 0. The van der Waals surface area contributed by atoms with Crippen LogP contribution in [-0.4, -0.2) is 24.4 Å². The van der Waals surface area contributed by atoms with Gasteiger partial charge in [0.15, 0.2) is 0 Å². The zero-order valence-corrected chi connectivity index (χ0v) is 11.4. The Bertz CT molecular complexity index is 492. The van der Waals surface area contributed by atoms with E-state index in [4.69, 9.17) is 11.6 Å². The Morgan fingerprint density at radius 1 is 1.47 bits per heavy atom. The molecule has 1 aliphatic rings. The highest BCUT2D eigenvalue weighted by atomic mass is 79.9. The average molecular weight is 318 g/mol. The van der Waals surface area contributed by atoms with Crippen LogP contribution in [0.4, 0.5) is 5.69 Å². The monoisotopic (exact) mass is 316 g/mol. The van der Waals surface area contributed by atoms with E-state index in [1.165, 1.54) is 4.90 Å². The van der Waals surface area contributed by atoms with E-state index < -0.39 is 6.04 Å². The van der Waals surface area contributed by atoms with Crippen molar-refractivity contribution in [1.29, 1.82) is 0 Å². The topological polar surface area (TPSA) is 49.4 Å². The number of hydrogen-bond acceptors (Lipinski definition) is 2. The number of carbonyl (C=O) groups is 2. The fourth-order valence-corrected chi connectivity index (χ4v) is 2.38. The maximum atomic E-state index is 11.9. The molecule has 1 unspecified atom stereocenters. The van der Waals surface area contributed by atoms with Crippen LogP contribution >= 0.6 is 27.5 Å². The second kappa shape index (κ2) is 4.66. The summed E-state index contributed by atoms with van der Waals surface area (Å²) < 4.78 is 0.622. The van der Waals surface area contributed by atoms with Crippen molar-refractivity contribution in [2.24, 2.45) is 0 Å². The highest BCUT2D eigenvalue weighted by Gasteiger charge is 2.33. The Balaban J connectivity index is 2.47. The fourth-order valence-electron chi connectivity index (χ4n) is 1.75. The van der Waals surface area contributed by atoms with Crippen LogP contribution < -0.4 is 10.2 Å². The summed E-state index contributed by atoms with van der Waals surface area (Å²) in [5.41, 5.74) is 0.616. The number of amides is 2. The first-order chi connectivity index (χ1) is 8.02. The van der Waals surface area contributed by atoms with E-state index in [0.29, 0.717) is 15.2 Å². The molecule has 90 valence electrons. The van der Waals surface area contributed by atoms with Crippen LogP contribution in [0.15, 0.2) is 22.7 Å². The Labute approximate surface area is 112 Å². The molecule has 17 heavy (non-hydrogen) atoms. The van der Waals surface area contributed by atoms with Crippen molar-refractivity contribution in [1.82, 2.24) is 5.32 Å². The normalized spacial score (nSPS) is 20.4. The minimum absolute atomic E-state index is 0.0160. The van der Waals surface area contributed by atoms with Gasteiger partial charge in [0.2, 0.25) is 11.8 Å². The number of benzene rings is 1. The molecular formula is C11H10BrClN2O2.